The highest BCUT2D eigenvalue weighted by molar-refractivity contribution is 8.00. The lowest BCUT2D eigenvalue weighted by atomic mass is 10.2. The Morgan fingerprint density at radius 1 is 1.40 bits per heavy atom. The maximum atomic E-state index is 6.43. The van der Waals surface area contributed by atoms with E-state index in [4.69, 9.17) is 11.6 Å². The molecule has 0 radical (unpaired) electrons. The largest absolute Gasteiger partial charge is 0.353 e. The van der Waals surface area contributed by atoms with Crippen LogP contribution in [0.15, 0.2) is 12.3 Å². The molecule has 1 N–H and O–H groups in total. The molecule has 0 bridgehead atoms. The van der Waals surface area contributed by atoms with Crippen LogP contribution in [0.4, 0.5) is 5.82 Å². The molecule has 20 heavy (non-hydrogen) atoms. The second kappa shape index (κ2) is 7.53. The average Bonchev–Trinajstić information content (AvgIpc) is 2.38. The van der Waals surface area contributed by atoms with Crippen molar-refractivity contribution in [3.05, 3.63) is 22.8 Å². The summed E-state index contributed by atoms with van der Waals surface area (Å²) >= 11 is 8.47. The number of halogens is 1. The first kappa shape index (κ1) is 15.9. The lowest BCUT2D eigenvalue weighted by Gasteiger charge is -2.35. The smallest absolute Gasteiger partial charge is 0.147 e. The van der Waals surface area contributed by atoms with Crippen LogP contribution >= 0.6 is 23.4 Å². The lowest BCUT2D eigenvalue weighted by molar-refractivity contribution is 0.672. The van der Waals surface area contributed by atoms with Crippen molar-refractivity contribution in [3.63, 3.8) is 0 Å². The molecular weight excluding hydrogens is 290 g/mol. The number of nitrogens with zero attached hydrogens (tertiary/aromatic N) is 2. The van der Waals surface area contributed by atoms with Crippen LogP contribution in [0, 0.1) is 0 Å². The van der Waals surface area contributed by atoms with Crippen molar-refractivity contribution in [3.8, 4) is 0 Å². The van der Waals surface area contributed by atoms with Gasteiger partial charge >= 0.3 is 0 Å². The van der Waals surface area contributed by atoms with Gasteiger partial charge in [0, 0.05) is 36.3 Å². The highest BCUT2D eigenvalue weighted by Crippen LogP contribution is 2.31. The Bertz CT molecular complexity index is 431. The molecule has 1 fully saturated rings. The minimum absolute atomic E-state index is 0.627. The average molecular weight is 314 g/mol. The maximum Gasteiger partial charge on any atom is 0.147 e. The number of pyridine rings is 1. The van der Waals surface area contributed by atoms with E-state index in [1.54, 1.807) is 0 Å². The Kier molecular flexibility index (Phi) is 6.00. The molecule has 1 saturated heterocycles. The van der Waals surface area contributed by atoms with E-state index >= 15 is 0 Å². The molecule has 1 aromatic rings. The number of hydrogen-bond donors (Lipinski definition) is 1. The van der Waals surface area contributed by atoms with Crippen molar-refractivity contribution >= 4 is 29.2 Å². The second-order valence-corrected chi connectivity index (χ2v) is 7.78. The molecule has 5 heteroatoms. The van der Waals surface area contributed by atoms with Crippen molar-refractivity contribution in [1.82, 2.24) is 10.3 Å². The van der Waals surface area contributed by atoms with Gasteiger partial charge in [-0.1, -0.05) is 32.4 Å². The zero-order valence-corrected chi connectivity index (χ0v) is 14.1. The van der Waals surface area contributed by atoms with Gasteiger partial charge in [0.25, 0.3) is 0 Å². The lowest BCUT2D eigenvalue weighted by Crippen LogP contribution is -2.41. The van der Waals surface area contributed by atoms with E-state index in [0.717, 1.165) is 49.0 Å². The molecule has 2 unspecified atom stereocenters. The minimum atomic E-state index is 0.627. The van der Waals surface area contributed by atoms with Crippen LogP contribution in [0.5, 0.6) is 0 Å². The van der Waals surface area contributed by atoms with E-state index in [9.17, 15) is 0 Å². The summed E-state index contributed by atoms with van der Waals surface area (Å²) in [4.78, 5) is 6.91. The summed E-state index contributed by atoms with van der Waals surface area (Å²) in [6.45, 7) is 10.6. The van der Waals surface area contributed by atoms with Crippen LogP contribution in [0.25, 0.3) is 0 Å². The second-order valence-electron chi connectivity index (χ2n) is 5.49. The summed E-state index contributed by atoms with van der Waals surface area (Å²) in [5.74, 6) is 0.935. The molecule has 1 aromatic heterocycles. The van der Waals surface area contributed by atoms with Crippen molar-refractivity contribution in [1.29, 1.82) is 0 Å². The van der Waals surface area contributed by atoms with Crippen LogP contribution in [0.2, 0.25) is 5.02 Å². The quantitative estimate of drug-likeness (QED) is 0.841. The molecule has 0 amide bonds. The number of nitrogens with one attached hydrogen (secondary N) is 1. The summed E-state index contributed by atoms with van der Waals surface area (Å²) in [6, 6.07) is 2.05. The number of hydrogen-bond acceptors (Lipinski definition) is 4. The van der Waals surface area contributed by atoms with Crippen molar-refractivity contribution in [2.75, 3.05) is 24.5 Å². The van der Waals surface area contributed by atoms with E-state index in [2.05, 4.69) is 36.0 Å². The Morgan fingerprint density at radius 2 is 2.10 bits per heavy atom. The van der Waals surface area contributed by atoms with Gasteiger partial charge in [0.2, 0.25) is 0 Å². The normalized spacial score (nSPS) is 23.1. The first-order valence-corrected chi connectivity index (χ1v) is 8.67. The molecule has 1 aliphatic heterocycles. The molecular formula is C15H24ClN3S. The van der Waals surface area contributed by atoms with Crippen LogP contribution in [-0.2, 0) is 6.54 Å². The van der Waals surface area contributed by atoms with Gasteiger partial charge < -0.3 is 10.2 Å². The van der Waals surface area contributed by atoms with Gasteiger partial charge in [0.15, 0.2) is 0 Å². The topological polar surface area (TPSA) is 28.2 Å². The number of anilines is 1. The highest BCUT2D eigenvalue weighted by Gasteiger charge is 2.24. The van der Waals surface area contributed by atoms with E-state index in [-0.39, 0.29) is 0 Å². The zero-order chi connectivity index (χ0) is 14.5. The predicted octanol–water partition coefficient (Wildman–Crippen LogP) is 3.56. The predicted molar refractivity (Wildman–Crippen MR) is 90.0 cm³/mol. The number of thioether (sulfide) groups is 1. The molecule has 3 nitrogen and oxygen atoms in total. The fraction of sp³-hybridized carbons (Fsp3) is 0.667. The molecule has 2 atom stereocenters. The number of rotatable bonds is 5. The van der Waals surface area contributed by atoms with E-state index < -0.39 is 0 Å². The van der Waals surface area contributed by atoms with E-state index in [1.807, 2.05) is 24.0 Å². The van der Waals surface area contributed by atoms with Crippen LogP contribution in [-0.4, -0.2) is 35.1 Å². The van der Waals surface area contributed by atoms with Gasteiger partial charge in [-0.25, -0.2) is 4.98 Å². The van der Waals surface area contributed by atoms with Gasteiger partial charge in [0.05, 0.1) is 5.02 Å². The van der Waals surface area contributed by atoms with Crippen molar-refractivity contribution in [2.24, 2.45) is 0 Å². The molecule has 0 spiro atoms. The van der Waals surface area contributed by atoms with Crippen LogP contribution in [0.1, 0.15) is 32.8 Å². The molecule has 1 aliphatic rings. The van der Waals surface area contributed by atoms with Crippen LogP contribution < -0.4 is 10.2 Å². The Balaban J connectivity index is 2.05. The molecule has 0 saturated carbocycles. The molecule has 0 aliphatic carbocycles. The SMILES string of the molecule is CCCNCc1cnc(N2CC(C)SC(C)C2)c(Cl)c1. The maximum absolute atomic E-state index is 6.43. The minimum Gasteiger partial charge on any atom is -0.353 e. The van der Waals surface area contributed by atoms with Gasteiger partial charge in [-0.3, -0.25) is 0 Å². The van der Waals surface area contributed by atoms with Crippen molar-refractivity contribution in [2.45, 2.75) is 44.2 Å². The first-order chi connectivity index (χ1) is 9.60. The fourth-order valence-corrected chi connectivity index (χ4v) is 4.19. The molecule has 2 rings (SSSR count). The third kappa shape index (κ3) is 4.27. The highest BCUT2D eigenvalue weighted by atomic mass is 35.5. The summed E-state index contributed by atoms with van der Waals surface area (Å²) in [5, 5.41) is 5.40. The van der Waals surface area contributed by atoms with Gasteiger partial charge in [-0.15, -0.1) is 0 Å². The molecule has 112 valence electrons. The Hall–Kier alpha value is -0.450. The molecule has 0 aromatic carbocycles. The number of aromatic nitrogens is 1. The summed E-state index contributed by atoms with van der Waals surface area (Å²) in [5.41, 5.74) is 1.15. The summed E-state index contributed by atoms with van der Waals surface area (Å²) < 4.78 is 0. The van der Waals surface area contributed by atoms with Crippen LogP contribution in [0.3, 0.4) is 0 Å². The first-order valence-electron chi connectivity index (χ1n) is 7.35. The molecule has 2 heterocycles. The monoisotopic (exact) mass is 313 g/mol. The van der Waals surface area contributed by atoms with Gasteiger partial charge in [-0.2, -0.15) is 11.8 Å². The Morgan fingerprint density at radius 3 is 2.70 bits per heavy atom. The third-order valence-corrected chi connectivity index (χ3v) is 4.86. The fourth-order valence-electron chi connectivity index (χ4n) is 2.56. The Labute approximate surface area is 131 Å². The zero-order valence-electron chi connectivity index (χ0n) is 12.5. The van der Waals surface area contributed by atoms with E-state index in [1.165, 1.54) is 0 Å². The standard InChI is InChI=1S/C15H24ClN3S/c1-4-5-17-7-13-6-14(16)15(18-8-13)19-9-11(2)20-12(3)10-19/h6,8,11-12,17H,4-5,7,9-10H2,1-3H3. The van der Waals surface area contributed by atoms with Crippen molar-refractivity contribution < 1.29 is 0 Å². The van der Waals surface area contributed by atoms with Gasteiger partial charge in [-0.05, 0) is 24.6 Å². The van der Waals surface area contributed by atoms with E-state index in [0.29, 0.717) is 10.5 Å². The van der Waals surface area contributed by atoms with Gasteiger partial charge in [0.1, 0.15) is 5.82 Å². The summed E-state index contributed by atoms with van der Waals surface area (Å²) in [6.07, 6.45) is 3.08. The third-order valence-electron chi connectivity index (χ3n) is 3.35. The summed E-state index contributed by atoms with van der Waals surface area (Å²) in [7, 11) is 0.